The Labute approximate surface area is 201 Å². The number of hydrogen-bond acceptors (Lipinski definition) is 3. The predicted octanol–water partition coefficient (Wildman–Crippen LogP) is 5.98. The number of benzene rings is 3. The number of hydrogen-bond donors (Lipinski definition) is 1. The van der Waals surface area contributed by atoms with Gasteiger partial charge in [-0.15, -0.1) is 0 Å². The van der Waals surface area contributed by atoms with E-state index < -0.39 is 0 Å². The van der Waals surface area contributed by atoms with Crippen LogP contribution in [-0.4, -0.2) is 44.5 Å². The Bertz CT molecular complexity index is 1300. The molecule has 0 aliphatic carbocycles. The fraction of sp³-hybridized carbons (Fsp3) is 0.231. The van der Waals surface area contributed by atoms with Gasteiger partial charge < -0.3 is 4.98 Å². The van der Waals surface area contributed by atoms with Crippen LogP contribution in [0.1, 0.15) is 28.8 Å². The van der Waals surface area contributed by atoms with E-state index >= 15 is 0 Å². The molecule has 33 heavy (non-hydrogen) atoms. The molecule has 1 amide bonds. The van der Waals surface area contributed by atoms with E-state index in [1.165, 1.54) is 5.56 Å². The quantitative estimate of drug-likeness (QED) is 0.393. The number of rotatable bonds is 4. The van der Waals surface area contributed by atoms with Crippen molar-refractivity contribution in [3.05, 3.63) is 87.9 Å². The number of hydrazine groups is 1. The minimum absolute atomic E-state index is 0.0720. The van der Waals surface area contributed by atoms with E-state index in [4.69, 9.17) is 23.2 Å². The molecule has 0 radical (unpaired) electrons. The van der Waals surface area contributed by atoms with Crippen LogP contribution in [0.3, 0.4) is 0 Å². The summed E-state index contributed by atoms with van der Waals surface area (Å²) in [6, 6.07) is 22.4. The highest BCUT2D eigenvalue weighted by atomic mass is 35.5. The molecule has 2 aliphatic rings. The Morgan fingerprint density at radius 1 is 1.03 bits per heavy atom. The van der Waals surface area contributed by atoms with Gasteiger partial charge in [0, 0.05) is 23.7 Å². The van der Waals surface area contributed by atoms with Gasteiger partial charge in [-0.2, -0.15) is 0 Å². The molecule has 2 aliphatic heterocycles. The van der Waals surface area contributed by atoms with Gasteiger partial charge >= 0.3 is 0 Å². The Kier molecular flexibility index (Phi) is 5.13. The number of nitrogens with one attached hydrogen (secondary N) is 1. The highest BCUT2D eigenvalue weighted by molar-refractivity contribution is 6.42. The molecule has 3 aromatic carbocycles. The Hall–Kier alpha value is -2.86. The first-order valence-corrected chi connectivity index (χ1v) is 11.9. The Balaban J connectivity index is 1.21. The fourth-order valence-electron chi connectivity index (χ4n) is 5.13. The maximum absolute atomic E-state index is 13.4. The van der Waals surface area contributed by atoms with E-state index in [1.807, 2.05) is 35.3 Å². The zero-order valence-corrected chi connectivity index (χ0v) is 19.4. The summed E-state index contributed by atoms with van der Waals surface area (Å²) in [5.41, 5.74) is 4.50. The minimum atomic E-state index is 0.0720. The van der Waals surface area contributed by atoms with Gasteiger partial charge in [-0.3, -0.25) is 9.80 Å². The minimum Gasteiger partial charge on any atom is -0.338 e. The number of aromatic nitrogens is 2. The van der Waals surface area contributed by atoms with Gasteiger partial charge in [-0.1, -0.05) is 65.7 Å². The van der Waals surface area contributed by atoms with Crippen molar-refractivity contribution in [2.75, 3.05) is 6.54 Å². The number of amides is 1. The first-order chi connectivity index (χ1) is 16.1. The average molecular weight is 477 g/mol. The summed E-state index contributed by atoms with van der Waals surface area (Å²) in [5, 5.41) is 5.24. The topological polar surface area (TPSA) is 52.2 Å². The maximum atomic E-state index is 13.4. The molecule has 2 fully saturated rings. The van der Waals surface area contributed by atoms with E-state index in [2.05, 4.69) is 39.2 Å². The molecule has 2 bridgehead atoms. The van der Waals surface area contributed by atoms with Crippen molar-refractivity contribution in [3.63, 3.8) is 0 Å². The first-order valence-electron chi connectivity index (χ1n) is 11.2. The van der Waals surface area contributed by atoms with Crippen molar-refractivity contribution < 1.29 is 4.79 Å². The Morgan fingerprint density at radius 3 is 2.58 bits per heavy atom. The van der Waals surface area contributed by atoms with E-state index in [0.29, 0.717) is 21.7 Å². The van der Waals surface area contributed by atoms with Crippen LogP contribution < -0.4 is 0 Å². The molecule has 7 heteroatoms. The summed E-state index contributed by atoms with van der Waals surface area (Å²) in [7, 11) is 0. The lowest BCUT2D eigenvalue weighted by atomic mass is 9.97. The molecule has 0 spiro atoms. The van der Waals surface area contributed by atoms with Crippen molar-refractivity contribution in [3.8, 4) is 11.4 Å². The molecule has 5 nitrogen and oxygen atoms in total. The number of imidazole rings is 1. The lowest BCUT2D eigenvalue weighted by molar-refractivity contribution is 0.0198. The molecule has 3 atom stereocenters. The summed E-state index contributed by atoms with van der Waals surface area (Å²) in [5.74, 6) is 0.790. The van der Waals surface area contributed by atoms with Crippen LogP contribution >= 0.6 is 23.2 Å². The zero-order chi connectivity index (χ0) is 22.5. The number of carbonyl (C=O) groups excluding carboxylic acids is 1. The number of fused-ring (bicyclic) bond motifs is 3. The van der Waals surface area contributed by atoms with Gasteiger partial charge in [0.05, 0.1) is 27.1 Å². The normalized spacial score (nSPS) is 21.8. The van der Waals surface area contributed by atoms with E-state index in [0.717, 1.165) is 48.2 Å². The van der Waals surface area contributed by atoms with Crippen molar-refractivity contribution in [2.24, 2.45) is 0 Å². The number of carbonyl (C=O) groups is 1. The lowest BCUT2D eigenvalue weighted by Crippen LogP contribution is -2.42. The van der Waals surface area contributed by atoms with Gasteiger partial charge in [0.2, 0.25) is 0 Å². The van der Waals surface area contributed by atoms with E-state index in [-0.39, 0.29) is 11.9 Å². The number of nitrogens with zero attached hydrogens (tertiary/aromatic N) is 3. The summed E-state index contributed by atoms with van der Waals surface area (Å²) in [4.78, 5) is 21.3. The van der Waals surface area contributed by atoms with Gasteiger partial charge in [0.15, 0.2) is 0 Å². The van der Waals surface area contributed by atoms with Gasteiger partial charge in [0.1, 0.15) is 5.82 Å². The van der Waals surface area contributed by atoms with Gasteiger partial charge in [-0.05, 0) is 49.1 Å². The Morgan fingerprint density at radius 2 is 1.79 bits per heavy atom. The molecule has 1 N–H and O–H groups in total. The van der Waals surface area contributed by atoms with Crippen LogP contribution in [0.4, 0.5) is 0 Å². The van der Waals surface area contributed by atoms with Gasteiger partial charge in [0.25, 0.3) is 5.91 Å². The summed E-state index contributed by atoms with van der Waals surface area (Å²) < 4.78 is 0. The molecular weight excluding hydrogens is 455 g/mol. The molecule has 1 aromatic heterocycles. The van der Waals surface area contributed by atoms with E-state index in [1.54, 1.807) is 12.1 Å². The maximum Gasteiger partial charge on any atom is 0.268 e. The molecule has 6 rings (SSSR count). The molecule has 0 saturated carbocycles. The number of H-pyrrole nitrogens is 1. The fourth-order valence-corrected chi connectivity index (χ4v) is 5.46. The van der Waals surface area contributed by atoms with Crippen LogP contribution in [0.5, 0.6) is 0 Å². The number of halogens is 2. The number of aromatic amines is 1. The van der Waals surface area contributed by atoms with Crippen molar-refractivity contribution >= 4 is 40.1 Å². The third-order valence-corrected chi connectivity index (χ3v) is 7.45. The average Bonchev–Trinajstić information content (AvgIpc) is 3.52. The van der Waals surface area contributed by atoms with Crippen LogP contribution in [0.2, 0.25) is 10.0 Å². The molecule has 4 aromatic rings. The predicted molar refractivity (Wildman–Crippen MR) is 131 cm³/mol. The van der Waals surface area contributed by atoms with Gasteiger partial charge in [-0.25, -0.2) is 9.99 Å². The highest BCUT2D eigenvalue weighted by Gasteiger charge is 2.46. The molecule has 166 valence electrons. The molecule has 2 saturated heterocycles. The molecule has 3 heterocycles. The standard InChI is InChI=1S/C26H22Cl2N4O/c27-21-14-23-24(15-22(21)28)30-25(29-23)17-6-8-18(9-7-17)26(33)32-19-10-11-31(32)20(13-19)12-16-4-2-1-3-5-16/h1-9,14-15,19-20H,10-13H2,(H,29,30). The smallest absolute Gasteiger partial charge is 0.268 e. The van der Waals surface area contributed by atoms with E-state index in [9.17, 15) is 4.79 Å². The molecule has 3 unspecified atom stereocenters. The van der Waals surface area contributed by atoms with Crippen LogP contribution in [0.15, 0.2) is 66.7 Å². The third-order valence-electron chi connectivity index (χ3n) is 6.73. The van der Waals surface area contributed by atoms with Crippen LogP contribution in [0.25, 0.3) is 22.4 Å². The second-order valence-corrected chi connectivity index (χ2v) is 9.60. The SMILES string of the molecule is O=C(c1ccc(-c2nc3cc(Cl)c(Cl)cc3[nH]2)cc1)N1C2CCN1C(Cc1ccccc1)C2. The second kappa shape index (κ2) is 8.17. The third kappa shape index (κ3) is 3.70. The lowest BCUT2D eigenvalue weighted by Gasteiger charge is -2.28. The monoisotopic (exact) mass is 476 g/mol. The first kappa shape index (κ1) is 20.7. The largest absolute Gasteiger partial charge is 0.338 e. The highest BCUT2D eigenvalue weighted by Crippen LogP contribution is 2.37. The van der Waals surface area contributed by atoms with Crippen molar-refractivity contribution in [2.45, 2.75) is 31.3 Å². The van der Waals surface area contributed by atoms with Crippen LogP contribution in [0, 0.1) is 0 Å². The molecular formula is C26H22Cl2N4O. The second-order valence-electron chi connectivity index (χ2n) is 8.78. The van der Waals surface area contributed by atoms with Crippen molar-refractivity contribution in [1.29, 1.82) is 0 Å². The number of piperidine rings is 1. The summed E-state index contributed by atoms with van der Waals surface area (Å²) in [6.07, 6.45) is 3.04. The summed E-state index contributed by atoms with van der Waals surface area (Å²) >= 11 is 12.2. The zero-order valence-electron chi connectivity index (χ0n) is 17.8. The summed E-state index contributed by atoms with van der Waals surface area (Å²) in [6.45, 7) is 0.941. The van der Waals surface area contributed by atoms with Crippen molar-refractivity contribution in [1.82, 2.24) is 20.0 Å². The van der Waals surface area contributed by atoms with Crippen LogP contribution in [-0.2, 0) is 6.42 Å².